The van der Waals surface area contributed by atoms with Crippen molar-refractivity contribution in [3.8, 4) is 11.5 Å². The third-order valence-corrected chi connectivity index (χ3v) is 3.77. The molecule has 1 amide bonds. The van der Waals surface area contributed by atoms with Crippen LogP contribution >= 0.6 is 0 Å². The Morgan fingerprint density at radius 3 is 2.28 bits per heavy atom. The van der Waals surface area contributed by atoms with E-state index in [4.69, 9.17) is 9.47 Å². The second-order valence-corrected chi connectivity index (χ2v) is 7.30. The lowest BCUT2D eigenvalue weighted by atomic mass is 9.97. The Hall–Kier alpha value is -2.69. The van der Waals surface area contributed by atoms with E-state index in [0.29, 0.717) is 36.0 Å². The first-order chi connectivity index (χ1) is 11.9. The maximum absolute atomic E-state index is 12.4. The Kier molecular flexibility index (Phi) is 4.83. The maximum atomic E-state index is 12.4. The molecular weight excluding hydrogens is 316 g/mol. The number of anilines is 2. The van der Waals surface area contributed by atoms with Gasteiger partial charge < -0.3 is 20.1 Å². The molecule has 0 aromatic heterocycles. The largest absolute Gasteiger partial charge is 0.486 e. The molecule has 25 heavy (non-hydrogen) atoms. The first kappa shape index (κ1) is 17.1. The van der Waals surface area contributed by atoms with Gasteiger partial charge in [0.05, 0.1) is 0 Å². The van der Waals surface area contributed by atoms with Gasteiger partial charge in [0.15, 0.2) is 11.5 Å². The molecule has 0 saturated heterocycles. The molecule has 3 rings (SSSR count). The highest BCUT2D eigenvalue weighted by Crippen LogP contribution is 2.32. The summed E-state index contributed by atoms with van der Waals surface area (Å²) in [4.78, 5) is 12.4. The van der Waals surface area contributed by atoms with Crippen LogP contribution in [-0.2, 0) is 0 Å². The van der Waals surface area contributed by atoms with Gasteiger partial charge in [-0.15, -0.1) is 0 Å². The molecule has 132 valence electrons. The number of benzene rings is 2. The number of ether oxygens (including phenoxy) is 2. The van der Waals surface area contributed by atoms with Gasteiger partial charge in [-0.25, -0.2) is 0 Å². The van der Waals surface area contributed by atoms with Crippen molar-refractivity contribution in [2.45, 2.75) is 20.8 Å². The summed E-state index contributed by atoms with van der Waals surface area (Å²) in [6, 6.07) is 12.9. The first-order valence-corrected chi connectivity index (χ1v) is 8.46. The van der Waals surface area contributed by atoms with Crippen molar-refractivity contribution in [1.29, 1.82) is 0 Å². The summed E-state index contributed by atoms with van der Waals surface area (Å²) in [5, 5.41) is 6.26. The van der Waals surface area contributed by atoms with E-state index in [1.54, 1.807) is 6.07 Å². The highest BCUT2D eigenvalue weighted by molar-refractivity contribution is 6.04. The number of carbonyl (C=O) groups is 1. The molecule has 1 aliphatic heterocycles. The van der Waals surface area contributed by atoms with Crippen LogP contribution in [0.4, 0.5) is 11.4 Å². The predicted molar refractivity (Wildman–Crippen MR) is 99.8 cm³/mol. The zero-order valence-electron chi connectivity index (χ0n) is 14.9. The minimum atomic E-state index is -0.154. The van der Waals surface area contributed by atoms with Crippen LogP contribution in [-0.4, -0.2) is 25.7 Å². The summed E-state index contributed by atoms with van der Waals surface area (Å²) >= 11 is 0. The van der Waals surface area contributed by atoms with E-state index < -0.39 is 0 Å². The van der Waals surface area contributed by atoms with E-state index in [2.05, 4.69) is 31.4 Å². The van der Waals surface area contributed by atoms with Crippen LogP contribution in [0.15, 0.2) is 42.5 Å². The summed E-state index contributed by atoms with van der Waals surface area (Å²) in [5.74, 6) is 1.21. The van der Waals surface area contributed by atoms with E-state index in [1.165, 1.54) is 0 Å². The second-order valence-electron chi connectivity index (χ2n) is 7.30. The van der Waals surface area contributed by atoms with Gasteiger partial charge in [0.2, 0.25) is 0 Å². The van der Waals surface area contributed by atoms with Gasteiger partial charge in [-0.1, -0.05) is 20.8 Å². The Balaban J connectivity index is 1.63. The molecule has 0 saturated carbocycles. The van der Waals surface area contributed by atoms with Crippen LogP contribution in [0.3, 0.4) is 0 Å². The molecule has 0 bridgehead atoms. The van der Waals surface area contributed by atoms with Gasteiger partial charge in [0.25, 0.3) is 5.91 Å². The van der Waals surface area contributed by atoms with Gasteiger partial charge in [-0.2, -0.15) is 0 Å². The molecule has 0 aliphatic carbocycles. The maximum Gasteiger partial charge on any atom is 0.255 e. The molecule has 1 aliphatic rings. The van der Waals surface area contributed by atoms with Crippen LogP contribution in [0.1, 0.15) is 31.1 Å². The van der Waals surface area contributed by atoms with Gasteiger partial charge in [0, 0.05) is 29.5 Å². The highest BCUT2D eigenvalue weighted by Gasteiger charge is 2.14. The average Bonchev–Trinajstić information content (AvgIpc) is 2.59. The zero-order valence-corrected chi connectivity index (χ0v) is 14.9. The van der Waals surface area contributed by atoms with Crippen molar-refractivity contribution in [3.05, 3.63) is 48.0 Å². The third kappa shape index (κ3) is 4.66. The summed E-state index contributed by atoms with van der Waals surface area (Å²) in [5.41, 5.74) is 2.50. The van der Waals surface area contributed by atoms with Crippen molar-refractivity contribution in [2.24, 2.45) is 5.41 Å². The fourth-order valence-corrected chi connectivity index (χ4v) is 2.43. The van der Waals surface area contributed by atoms with Gasteiger partial charge in [-0.05, 0) is 41.8 Å². The second kappa shape index (κ2) is 7.05. The van der Waals surface area contributed by atoms with E-state index in [0.717, 1.165) is 12.2 Å². The Morgan fingerprint density at radius 2 is 1.60 bits per heavy atom. The Labute approximate surface area is 148 Å². The normalized spacial score (nSPS) is 13.2. The smallest absolute Gasteiger partial charge is 0.255 e. The van der Waals surface area contributed by atoms with Crippen LogP contribution in [0.2, 0.25) is 0 Å². The molecule has 2 aromatic carbocycles. The van der Waals surface area contributed by atoms with E-state index in [1.807, 2.05) is 36.4 Å². The first-order valence-electron chi connectivity index (χ1n) is 8.46. The van der Waals surface area contributed by atoms with E-state index in [9.17, 15) is 4.79 Å². The van der Waals surface area contributed by atoms with E-state index >= 15 is 0 Å². The van der Waals surface area contributed by atoms with Crippen molar-refractivity contribution in [2.75, 3.05) is 30.4 Å². The van der Waals surface area contributed by atoms with Crippen LogP contribution < -0.4 is 20.1 Å². The summed E-state index contributed by atoms with van der Waals surface area (Å²) in [7, 11) is 0. The number of carbonyl (C=O) groups excluding carboxylic acids is 1. The Bertz CT molecular complexity index is 749. The molecule has 5 heteroatoms. The molecule has 0 unspecified atom stereocenters. The Morgan fingerprint density at radius 1 is 0.960 bits per heavy atom. The lowest BCUT2D eigenvalue weighted by molar-refractivity contribution is 0.102. The van der Waals surface area contributed by atoms with Crippen LogP contribution in [0.5, 0.6) is 11.5 Å². The molecule has 0 fully saturated rings. The number of nitrogens with one attached hydrogen (secondary N) is 2. The van der Waals surface area contributed by atoms with Crippen molar-refractivity contribution >= 4 is 17.3 Å². The quantitative estimate of drug-likeness (QED) is 0.877. The third-order valence-electron chi connectivity index (χ3n) is 3.77. The van der Waals surface area contributed by atoms with Crippen molar-refractivity contribution < 1.29 is 14.3 Å². The molecule has 0 spiro atoms. The lowest BCUT2D eigenvalue weighted by Crippen LogP contribution is -2.19. The predicted octanol–water partition coefficient (Wildman–Crippen LogP) is 4.17. The highest BCUT2D eigenvalue weighted by atomic mass is 16.6. The number of hydrogen-bond donors (Lipinski definition) is 2. The molecule has 2 N–H and O–H groups in total. The molecule has 0 atom stereocenters. The molecular formula is C20H24N2O3. The van der Waals surface area contributed by atoms with Crippen LogP contribution in [0.25, 0.3) is 0 Å². The fourth-order valence-electron chi connectivity index (χ4n) is 2.43. The number of amides is 1. The summed E-state index contributed by atoms with van der Waals surface area (Å²) in [6.45, 7) is 8.47. The van der Waals surface area contributed by atoms with Crippen molar-refractivity contribution in [3.63, 3.8) is 0 Å². The SMILES string of the molecule is CC(C)(C)CNc1ccc(C(=O)Nc2ccc3c(c2)OCCO3)cc1. The monoisotopic (exact) mass is 340 g/mol. The molecule has 0 radical (unpaired) electrons. The number of rotatable bonds is 4. The molecule has 2 aromatic rings. The van der Waals surface area contributed by atoms with Gasteiger partial charge >= 0.3 is 0 Å². The number of hydrogen-bond acceptors (Lipinski definition) is 4. The fraction of sp³-hybridized carbons (Fsp3) is 0.350. The van der Waals surface area contributed by atoms with Gasteiger partial charge in [0.1, 0.15) is 13.2 Å². The van der Waals surface area contributed by atoms with Crippen LogP contribution in [0, 0.1) is 5.41 Å². The van der Waals surface area contributed by atoms with Crippen molar-refractivity contribution in [1.82, 2.24) is 0 Å². The van der Waals surface area contributed by atoms with E-state index in [-0.39, 0.29) is 11.3 Å². The number of fused-ring (bicyclic) bond motifs is 1. The zero-order chi connectivity index (χ0) is 17.9. The topological polar surface area (TPSA) is 59.6 Å². The minimum absolute atomic E-state index is 0.154. The lowest BCUT2D eigenvalue weighted by Gasteiger charge is -2.20. The average molecular weight is 340 g/mol. The molecule has 5 nitrogen and oxygen atoms in total. The van der Waals surface area contributed by atoms with Gasteiger partial charge in [-0.3, -0.25) is 4.79 Å². The summed E-state index contributed by atoms with van der Waals surface area (Å²) < 4.78 is 11.0. The minimum Gasteiger partial charge on any atom is -0.486 e. The summed E-state index contributed by atoms with van der Waals surface area (Å²) in [6.07, 6.45) is 0. The standard InChI is InChI=1S/C20H24N2O3/c1-20(2,3)13-21-15-6-4-14(5-7-15)19(23)22-16-8-9-17-18(12-16)25-11-10-24-17/h4-9,12,21H,10-11,13H2,1-3H3,(H,22,23). The molecule has 1 heterocycles.